The third kappa shape index (κ3) is 2.44. The van der Waals surface area contributed by atoms with Gasteiger partial charge in [0, 0.05) is 5.56 Å². The molecule has 0 unspecified atom stereocenters. The van der Waals surface area contributed by atoms with Crippen LogP contribution >= 0.6 is 0 Å². The van der Waals surface area contributed by atoms with E-state index in [-0.39, 0.29) is 0 Å². The molecule has 0 radical (unpaired) electrons. The highest BCUT2D eigenvalue weighted by molar-refractivity contribution is 5.67. The van der Waals surface area contributed by atoms with Crippen LogP contribution < -0.4 is 0 Å². The van der Waals surface area contributed by atoms with Crippen LogP contribution in [-0.4, -0.2) is 4.92 Å². The van der Waals surface area contributed by atoms with Gasteiger partial charge >= 0.3 is 0 Å². The Bertz CT molecular complexity index is 650. The van der Waals surface area contributed by atoms with Crippen LogP contribution in [0.5, 0.6) is 0 Å². The van der Waals surface area contributed by atoms with E-state index in [0.717, 1.165) is 6.20 Å². The first kappa shape index (κ1) is 11.6. The minimum atomic E-state index is -0.564. The number of nitrogens with zero attached hydrogens (tertiary/aromatic N) is 2. The highest BCUT2D eigenvalue weighted by Gasteiger charge is 2.08. The molecule has 88 valence electrons. The molecule has 0 aliphatic carbocycles. The number of rotatable bonds is 3. The molecule has 2 rings (SSSR count). The standard InChI is InChI=1S/C13H8N2O3/c14-9-10-3-1-2-4-12(10)13-6-5-11(18-13)7-8-15(16)17/h1-8H/b8-7+. The van der Waals surface area contributed by atoms with Gasteiger partial charge in [0.25, 0.3) is 0 Å². The summed E-state index contributed by atoms with van der Waals surface area (Å²) in [5.41, 5.74) is 1.16. The van der Waals surface area contributed by atoms with Crippen molar-refractivity contribution in [2.24, 2.45) is 0 Å². The van der Waals surface area contributed by atoms with Gasteiger partial charge in [0.2, 0.25) is 6.20 Å². The monoisotopic (exact) mass is 240 g/mol. The van der Waals surface area contributed by atoms with Gasteiger partial charge < -0.3 is 4.42 Å². The molecule has 0 N–H and O–H groups in total. The number of benzene rings is 1. The van der Waals surface area contributed by atoms with Crippen molar-refractivity contribution in [1.82, 2.24) is 0 Å². The molecule has 0 bridgehead atoms. The Hall–Kier alpha value is -2.87. The van der Waals surface area contributed by atoms with E-state index < -0.39 is 4.92 Å². The van der Waals surface area contributed by atoms with Gasteiger partial charge in [0.05, 0.1) is 22.6 Å². The van der Waals surface area contributed by atoms with Gasteiger partial charge in [-0.15, -0.1) is 0 Å². The van der Waals surface area contributed by atoms with Gasteiger partial charge in [-0.1, -0.05) is 12.1 Å². The van der Waals surface area contributed by atoms with Crippen LogP contribution in [0.2, 0.25) is 0 Å². The molecule has 0 atom stereocenters. The van der Waals surface area contributed by atoms with Crippen LogP contribution in [0.25, 0.3) is 17.4 Å². The zero-order chi connectivity index (χ0) is 13.0. The lowest BCUT2D eigenvalue weighted by molar-refractivity contribution is -0.401. The van der Waals surface area contributed by atoms with Crippen molar-refractivity contribution in [3.8, 4) is 17.4 Å². The van der Waals surface area contributed by atoms with E-state index in [2.05, 4.69) is 6.07 Å². The van der Waals surface area contributed by atoms with Gasteiger partial charge in [0.1, 0.15) is 11.5 Å². The fourth-order valence-corrected chi connectivity index (χ4v) is 1.52. The smallest absolute Gasteiger partial charge is 0.238 e. The van der Waals surface area contributed by atoms with Gasteiger partial charge in [-0.2, -0.15) is 5.26 Å². The average molecular weight is 240 g/mol. The lowest BCUT2D eigenvalue weighted by Gasteiger charge is -1.98. The molecule has 0 saturated carbocycles. The second-order valence-corrected chi connectivity index (χ2v) is 3.46. The zero-order valence-electron chi connectivity index (χ0n) is 9.24. The number of nitriles is 1. The summed E-state index contributed by atoms with van der Waals surface area (Å²) in [6, 6.07) is 12.4. The normalized spacial score (nSPS) is 10.4. The highest BCUT2D eigenvalue weighted by Crippen LogP contribution is 2.25. The first-order valence-electron chi connectivity index (χ1n) is 5.12. The van der Waals surface area contributed by atoms with E-state index in [1.165, 1.54) is 6.08 Å². The first-order valence-corrected chi connectivity index (χ1v) is 5.12. The predicted octanol–water partition coefficient (Wildman–Crippen LogP) is 3.07. The van der Waals surface area contributed by atoms with E-state index in [1.54, 1.807) is 36.4 Å². The van der Waals surface area contributed by atoms with E-state index in [4.69, 9.17) is 9.68 Å². The van der Waals surface area contributed by atoms with E-state index >= 15 is 0 Å². The molecule has 5 heteroatoms. The van der Waals surface area contributed by atoms with Crippen molar-refractivity contribution in [3.63, 3.8) is 0 Å². The van der Waals surface area contributed by atoms with Crippen LogP contribution in [0.1, 0.15) is 11.3 Å². The Balaban J connectivity index is 2.36. The Morgan fingerprint density at radius 2 is 2.06 bits per heavy atom. The summed E-state index contributed by atoms with van der Waals surface area (Å²) < 4.78 is 5.42. The molecule has 1 aromatic carbocycles. The Labute approximate surface area is 103 Å². The summed E-state index contributed by atoms with van der Waals surface area (Å²) >= 11 is 0. The van der Waals surface area contributed by atoms with Crippen LogP contribution in [0.4, 0.5) is 0 Å². The molecule has 5 nitrogen and oxygen atoms in total. The summed E-state index contributed by atoms with van der Waals surface area (Å²) in [5.74, 6) is 0.879. The molecular weight excluding hydrogens is 232 g/mol. The van der Waals surface area contributed by atoms with E-state index in [1.807, 2.05) is 0 Å². The molecule has 0 spiro atoms. The van der Waals surface area contributed by atoms with Crippen LogP contribution in [0, 0.1) is 21.4 Å². The molecule has 0 aliphatic heterocycles. The third-order valence-corrected chi connectivity index (χ3v) is 2.30. The van der Waals surface area contributed by atoms with Gasteiger partial charge in [0.15, 0.2) is 0 Å². The Kier molecular flexibility index (Phi) is 3.21. The maximum Gasteiger partial charge on any atom is 0.238 e. The van der Waals surface area contributed by atoms with Crippen molar-refractivity contribution >= 4 is 6.08 Å². The number of furan rings is 1. The molecule has 0 amide bonds. The summed E-state index contributed by atoms with van der Waals surface area (Å²) in [6.07, 6.45) is 2.07. The lowest BCUT2D eigenvalue weighted by atomic mass is 10.1. The largest absolute Gasteiger partial charge is 0.456 e. The van der Waals surface area contributed by atoms with E-state index in [0.29, 0.717) is 22.6 Å². The SMILES string of the molecule is N#Cc1ccccc1-c1ccc(/C=C/[N+](=O)[O-])o1. The molecule has 1 heterocycles. The number of nitro groups is 1. The van der Waals surface area contributed by atoms with Crippen molar-refractivity contribution in [2.75, 3.05) is 0 Å². The van der Waals surface area contributed by atoms with Crippen LogP contribution in [-0.2, 0) is 0 Å². The molecule has 0 saturated heterocycles. The fourth-order valence-electron chi connectivity index (χ4n) is 1.52. The van der Waals surface area contributed by atoms with Gasteiger partial charge in [-0.3, -0.25) is 10.1 Å². The third-order valence-electron chi connectivity index (χ3n) is 2.30. The minimum Gasteiger partial charge on any atom is -0.456 e. The molecule has 1 aromatic heterocycles. The quantitative estimate of drug-likeness (QED) is 0.609. The van der Waals surface area contributed by atoms with Crippen LogP contribution in [0.15, 0.2) is 47.0 Å². The van der Waals surface area contributed by atoms with Crippen molar-refractivity contribution in [2.45, 2.75) is 0 Å². The summed E-state index contributed by atoms with van der Waals surface area (Å²) in [4.78, 5) is 9.62. The van der Waals surface area contributed by atoms with E-state index in [9.17, 15) is 10.1 Å². The summed E-state index contributed by atoms with van der Waals surface area (Å²) in [7, 11) is 0. The maximum atomic E-state index is 10.2. The lowest BCUT2D eigenvalue weighted by Crippen LogP contribution is -1.81. The summed E-state index contributed by atoms with van der Waals surface area (Å²) in [5, 5.41) is 19.2. The molecular formula is C13H8N2O3. The highest BCUT2D eigenvalue weighted by atomic mass is 16.6. The molecule has 2 aromatic rings. The van der Waals surface area contributed by atoms with Gasteiger partial charge in [-0.25, -0.2) is 0 Å². The number of hydrogen-bond acceptors (Lipinski definition) is 4. The maximum absolute atomic E-state index is 10.2. The molecule has 0 aliphatic rings. The zero-order valence-corrected chi connectivity index (χ0v) is 9.24. The number of hydrogen-bond donors (Lipinski definition) is 0. The average Bonchev–Trinajstić information content (AvgIpc) is 2.85. The molecule has 18 heavy (non-hydrogen) atoms. The second-order valence-electron chi connectivity index (χ2n) is 3.46. The van der Waals surface area contributed by atoms with Crippen molar-refractivity contribution in [1.29, 1.82) is 5.26 Å². The topological polar surface area (TPSA) is 80.1 Å². The predicted molar refractivity (Wildman–Crippen MR) is 64.9 cm³/mol. The Morgan fingerprint density at radius 1 is 1.28 bits per heavy atom. The fraction of sp³-hybridized carbons (Fsp3) is 0. The summed E-state index contributed by atoms with van der Waals surface area (Å²) in [6.45, 7) is 0. The second kappa shape index (κ2) is 4.97. The van der Waals surface area contributed by atoms with Crippen molar-refractivity contribution < 1.29 is 9.34 Å². The van der Waals surface area contributed by atoms with Crippen molar-refractivity contribution in [3.05, 3.63) is 64.0 Å². The molecule has 0 fully saturated rings. The minimum absolute atomic E-state index is 0.370. The van der Waals surface area contributed by atoms with Crippen LogP contribution in [0.3, 0.4) is 0 Å². The Morgan fingerprint density at radius 3 is 2.78 bits per heavy atom. The first-order chi connectivity index (χ1) is 8.70. The van der Waals surface area contributed by atoms with Gasteiger partial charge in [-0.05, 0) is 24.3 Å².